The molecule has 0 aliphatic carbocycles. The second kappa shape index (κ2) is 12.4. The van der Waals surface area contributed by atoms with E-state index in [9.17, 15) is 24.3 Å². The minimum absolute atomic E-state index is 0.00884. The molecule has 0 aromatic heterocycles. The van der Waals surface area contributed by atoms with E-state index in [-0.39, 0.29) is 32.5 Å². The average Bonchev–Trinajstić information content (AvgIpc) is 3.42. The molecule has 40 heavy (non-hydrogen) atoms. The molecule has 4 amide bonds. The number of carboxylic acid groups (broad SMARTS) is 1. The van der Waals surface area contributed by atoms with Gasteiger partial charge in [0.1, 0.15) is 12.1 Å². The fourth-order valence-electron chi connectivity index (χ4n) is 5.80. The number of para-hydroxylation sites is 1. The van der Waals surface area contributed by atoms with Gasteiger partial charge in [-0.15, -0.1) is 0 Å². The zero-order valence-electron chi connectivity index (χ0n) is 22.7. The van der Waals surface area contributed by atoms with Gasteiger partial charge in [0, 0.05) is 24.7 Å². The van der Waals surface area contributed by atoms with E-state index in [1.54, 1.807) is 18.2 Å². The number of carbonyl (C=O) groups is 4. The number of primary amides is 1. The number of fused-ring (bicyclic) bond motifs is 1. The summed E-state index contributed by atoms with van der Waals surface area (Å²) in [6, 6.07) is 13.2. The quantitative estimate of drug-likeness (QED) is 0.218. The minimum Gasteiger partial charge on any atom is -0.493 e. The summed E-state index contributed by atoms with van der Waals surface area (Å²) in [6.45, 7) is 2.52. The molecule has 4 rings (SSSR count). The van der Waals surface area contributed by atoms with Gasteiger partial charge in [0.2, 0.25) is 11.8 Å². The van der Waals surface area contributed by atoms with Crippen molar-refractivity contribution in [2.45, 2.75) is 50.8 Å². The van der Waals surface area contributed by atoms with Crippen LogP contribution in [0, 0.1) is 11.8 Å². The summed E-state index contributed by atoms with van der Waals surface area (Å²) in [6.07, 6.45) is 1.60. The predicted molar refractivity (Wildman–Crippen MR) is 145 cm³/mol. The van der Waals surface area contributed by atoms with Crippen molar-refractivity contribution in [1.82, 2.24) is 15.5 Å². The zero-order valence-corrected chi connectivity index (χ0v) is 22.7. The lowest BCUT2D eigenvalue weighted by molar-refractivity contribution is -0.151. The number of ether oxygens (including phenoxy) is 2. The minimum atomic E-state index is -1.75. The molecule has 2 aliphatic rings. The number of benzene rings is 2. The highest BCUT2D eigenvalue weighted by Gasteiger charge is 2.68. The molecule has 2 aromatic carbocycles. The van der Waals surface area contributed by atoms with Crippen LogP contribution in [0.1, 0.15) is 49.8 Å². The molecule has 5 N–H and O–H groups in total. The van der Waals surface area contributed by atoms with E-state index in [1.165, 1.54) is 12.0 Å². The van der Waals surface area contributed by atoms with Crippen LogP contribution in [0.25, 0.3) is 0 Å². The molecule has 2 fully saturated rings. The molecule has 0 saturated carbocycles. The molecule has 0 bridgehead atoms. The Morgan fingerprint density at radius 3 is 2.50 bits per heavy atom. The van der Waals surface area contributed by atoms with Crippen molar-refractivity contribution < 1.29 is 33.8 Å². The van der Waals surface area contributed by atoms with Crippen LogP contribution in [-0.2, 0) is 21.0 Å². The second-order valence-corrected chi connectivity index (χ2v) is 10.1. The monoisotopic (exact) mass is 552 g/mol. The van der Waals surface area contributed by atoms with Crippen molar-refractivity contribution in [2.24, 2.45) is 17.6 Å². The van der Waals surface area contributed by atoms with Gasteiger partial charge in [-0.05, 0) is 30.9 Å². The standard InChI is InChI=1S/C29H36N4O7/c1-3-4-16-33-25(34)21-22(26(33)35)29(27(36)37,14-9-15-31-28(30)38)32-23(21)19-12-8-13-20(39-2)24(19)40-17-18-10-6-5-7-11-18/h5-8,10-13,21-23,32H,3-4,9,14-17H2,1-2H3,(H,36,37)(H3,30,31,38). The maximum atomic E-state index is 13.8. The number of nitrogens with zero attached hydrogens (tertiary/aromatic N) is 1. The van der Waals surface area contributed by atoms with Crippen LogP contribution in [0.5, 0.6) is 11.5 Å². The molecular weight excluding hydrogens is 516 g/mol. The third-order valence-electron chi connectivity index (χ3n) is 7.70. The van der Waals surface area contributed by atoms with Gasteiger partial charge in [-0.25, -0.2) is 4.79 Å². The Balaban J connectivity index is 1.76. The highest BCUT2D eigenvalue weighted by atomic mass is 16.5. The van der Waals surface area contributed by atoms with E-state index in [0.29, 0.717) is 23.5 Å². The number of nitrogens with one attached hydrogen (secondary N) is 2. The Bertz CT molecular complexity index is 1250. The van der Waals surface area contributed by atoms with Crippen LogP contribution in [0.3, 0.4) is 0 Å². The maximum Gasteiger partial charge on any atom is 0.324 e. The number of likely N-dealkylation sites (tertiary alicyclic amines) is 1. The summed E-state index contributed by atoms with van der Waals surface area (Å²) in [5.74, 6) is -3.46. The first-order valence-electron chi connectivity index (χ1n) is 13.5. The highest BCUT2D eigenvalue weighted by molar-refractivity contribution is 6.09. The van der Waals surface area contributed by atoms with Gasteiger partial charge in [-0.3, -0.25) is 24.6 Å². The third kappa shape index (κ3) is 5.46. The molecule has 11 nitrogen and oxygen atoms in total. The van der Waals surface area contributed by atoms with Crippen LogP contribution in [0.2, 0.25) is 0 Å². The van der Waals surface area contributed by atoms with Crippen molar-refractivity contribution in [1.29, 1.82) is 0 Å². The Labute approximate surface area is 233 Å². The molecule has 214 valence electrons. The van der Waals surface area contributed by atoms with Crippen LogP contribution in [0.4, 0.5) is 4.79 Å². The average molecular weight is 553 g/mol. The Morgan fingerprint density at radius 1 is 1.10 bits per heavy atom. The van der Waals surface area contributed by atoms with E-state index in [4.69, 9.17) is 15.2 Å². The van der Waals surface area contributed by atoms with Gasteiger partial charge in [-0.1, -0.05) is 55.8 Å². The van der Waals surface area contributed by atoms with E-state index in [1.807, 2.05) is 37.3 Å². The van der Waals surface area contributed by atoms with Crippen LogP contribution in [0.15, 0.2) is 48.5 Å². The Hall–Kier alpha value is -4.12. The number of carbonyl (C=O) groups excluding carboxylic acids is 3. The van der Waals surface area contributed by atoms with Crippen molar-refractivity contribution in [3.05, 3.63) is 59.7 Å². The fraction of sp³-hybridized carbons (Fsp3) is 0.448. The smallest absolute Gasteiger partial charge is 0.324 e. The lowest BCUT2D eigenvalue weighted by Gasteiger charge is -2.31. The topological polar surface area (TPSA) is 160 Å². The Morgan fingerprint density at radius 2 is 1.85 bits per heavy atom. The van der Waals surface area contributed by atoms with Gasteiger partial charge >= 0.3 is 12.0 Å². The third-order valence-corrected chi connectivity index (χ3v) is 7.70. The first-order chi connectivity index (χ1) is 19.2. The zero-order chi connectivity index (χ0) is 28.9. The molecule has 4 atom stereocenters. The molecule has 0 spiro atoms. The number of unbranched alkanes of at least 4 members (excludes halogenated alkanes) is 1. The summed E-state index contributed by atoms with van der Waals surface area (Å²) < 4.78 is 11.8. The van der Waals surface area contributed by atoms with Crippen molar-refractivity contribution in [2.75, 3.05) is 20.2 Å². The molecule has 2 aliphatic heterocycles. The summed E-state index contributed by atoms with van der Waals surface area (Å²) in [5, 5.41) is 16.2. The van der Waals surface area contributed by atoms with Crippen LogP contribution >= 0.6 is 0 Å². The van der Waals surface area contributed by atoms with Gasteiger partial charge < -0.3 is 25.6 Å². The van der Waals surface area contributed by atoms with Gasteiger partial charge in [0.25, 0.3) is 0 Å². The fourth-order valence-corrected chi connectivity index (χ4v) is 5.80. The number of amides is 4. The summed E-state index contributed by atoms with van der Waals surface area (Å²) >= 11 is 0. The number of imide groups is 1. The number of rotatable bonds is 13. The lowest BCUT2D eigenvalue weighted by Crippen LogP contribution is -2.56. The number of carboxylic acids is 1. The van der Waals surface area contributed by atoms with E-state index < -0.39 is 47.2 Å². The largest absolute Gasteiger partial charge is 0.493 e. The number of urea groups is 1. The number of hydrogen-bond donors (Lipinski definition) is 4. The summed E-state index contributed by atoms with van der Waals surface area (Å²) in [5.41, 5.74) is 4.86. The number of nitrogens with two attached hydrogens (primary N) is 1. The molecule has 4 unspecified atom stereocenters. The van der Waals surface area contributed by atoms with E-state index in [0.717, 1.165) is 12.0 Å². The van der Waals surface area contributed by atoms with Crippen molar-refractivity contribution in [3.63, 3.8) is 0 Å². The van der Waals surface area contributed by atoms with Gasteiger partial charge in [-0.2, -0.15) is 0 Å². The van der Waals surface area contributed by atoms with Gasteiger partial charge in [0.05, 0.1) is 18.9 Å². The highest BCUT2D eigenvalue weighted by Crippen LogP contribution is 2.53. The predicted octanol–water partition coefficient (Wildman–Crippen LogP) is 2.59. The molecule has 2 aromatic rings. The summed E-state index contributed by atoms with van der Waals surface area (Å²) in [4.78, 5) is 52.8. The van der Waals surface area contributed by atoms with Crippen molar-refractivity contribution in [3.8, 4) is 11.5 Å². The SMILES string of the molecule is CCCCN1C(=O)C2C(c3cccc(OC)c3OCc3ccccc3)NC(CCCNC(N)=O)(C(=O)O)C2C1=O. The van der Waals surface area contributed by atoms with Crippen LogP contribution in [-0.4, -0.2) is 59.6 Å². The molecule has 0 radical (unpaired) electrons. The summed E-state index contributed by atoms with van der Waals surface area (Å²) in [7, 11) is 1.50. The maximum absolute atomic E-state index is 13.8. The lowest BCUT2D eigenvalue weighted by atomic mass is 9.77. The first-order valence-corrected chi connectivity index (χ1v) is 13.5. The molecule has 2 heterocycles. The Kier molecular flexibility index (Phi) is 8.93. The van der Waals surface area contributed by atoms with Crippen LogP contribution < -0.4 is 25.8 Å². The molecule has 2 saturated heterocycles. The van der Waals surface area contributed by atoms with Crippen molar-refractivity contribution >= 4 is 23.8 Å². The first kappa shape index (κ1) is 28.9. The molecular formula is C29H36N4O7. The van der Waals surface area contributed by atoms with Gasteiger partial charge in [0.15, 0.2) is 11.5 Å². The number of hydrogen-bond acceptors (Lipinski definition) is 7. The molecule has 11 heteroatoms. The number of methoxy groups -OCH3 is 1. The number of aliphatic carboxylic acids is 1. The van der Waals surface area contributed by atoms with E-state index >= 15 is 0 Å². The normalized spacial score (nSPS) is 23.6. The second-order valence-electron chi connectivity index (χ2n) is 10.1. The van der Waals surface area contributed by atoms with E-state index in [2.05, 4.69) is 10.6 Å².